The van der Waals surface area contributed by atoms with Crippen molar-refractivity contribution in [3.8, 4) is 11.4 Å². The maximum absolute atomic E-state index is 8.70. The lowest BCUT2D eigenvalue weighted by atomic mass is 10.2. The predicted octanol–water partition coefficient (Wildman–Crippen LogP) is 1.30. The third kappa shape index (κ3) is 3.04. The number of rotatable bonds is 5. The number of nitrogen functional groups attached to an aromatic ring is 1. The zero-order valence-electron chi connectivity index (χ0n) is 9.58. The predicted molar refractivity (Wildman–Crippen MR) is 66.2 cm³/mol. The minimum atomic E-state index is 0.222. The molecule has 90 valence electrons. The number of nitrogens with zero attached hydrogens (tertiary/aromatic N) is 3. The van der Waals surface area contributed by atoms with E-state index < -0.39 is 0 Å². The minimum absolute atomic E-state index is 0.222. The molecule has 1 heterocycles. The minimum Gasteiger partial charge on any atom is -0.399 e. The van der Waals surface area contributed by atoms with Crippen molar-refractivity contribution in [1.29, 1.82) is 0 Å². The van der Waals surface area contributed by atoms with E-state index in [0.29, 0.717) is 5.82 Å². The summed E-state index contributed by atoms with van der Waals surface area (Å²) < 4.78 is 1.79. The molecule has 0 saturated carbocycles. The van der Waals surface area contributed by atoms with Crippen LogP contribution < -0.4 is 5.73 Å². The molecule has 0 atom stereocenters. The zero-order chi connectivity index (χ0) is 12.1. The Bertz CT molecular complexity index is 464. The molecule has 0 saturated heterocycles. The van der Waals surface area contributed by atoms with E-state index in [9.17, 15) is 0 Å². The van der Waals surface area contributed by atoms with E-state index in [1.165, 1.54) is 0 Å². The molecule has 0 aliphatic carbocycles. The lowest BCUT2D eigenvalue weighted by molar-refractivity contribution is 0.280. The van der Waals surface area contributed by atoms with Gasteiger partial charge < -0.3 is 10.8 Å². The first-order valence-electron chi connectivity index (χ1n) is 5.66. The van der Waals surface area contributed by atoms with Gasteiger partial charge in [-0.2, -0.15) is 5.10 Å². The van der Waals surface area contributed by atoms with E-state index in [1.54, 1.807) is 11.0 Å². The summed E-state index contributed by atoms with van der Waals surface area (Å²) in [4.78, 5) is 4.24. The van der Waals surface area contributed by atoms with E-state index in [2.05, 4.69) is 10.1 Å². The molecule has 0 amide bonds. The maximum Gasteiger partial charge on any atom is 0.181 e. The smallest absolute Gasteiger partial charge is 0.181 e. The summed E-state index contributed by atoms with van der Waals surface area (Å²) in [7, 11) is 0. The Morgan fingerprint density at radius 1 is 1.18 bits per heavy atom. The van der Waals surface area contributed by atoms with Gasteiger partial charge in [-0.15, -0.1) is 0 Å². The molecule has 0 fully saturated rings. The zero-order valence-corrected chi connectivity index (χ0v) is 9.58. The van der Waals surface area contributed by atoms with Crippen LogP contribution in [0.2, 0.25) is 0 Å². The van der Waals surface area contributed by atoms with E-state index in [4.69, 9.17) is 10.8 Å². The van der Waals surface area contributed by atoms with Crippen LogP contribution in [0.15, 0.2) is 30.6 Å². The summed E-state index contributed by atoms with van der Waals surface area (Å²) >= 11 is 0. The lowest BCUT2D eigenvalue weighted by Gasteiger charge is -1.98. The second kappa shape index (κ2) is 5.45. The number of anilines is 1. The van der Waals surface area contributed by atoms with Gasteiger partial charge in [-0.25, -0.2) is 4.98 Å². The van der Waals surface area contributed by atoms with Gasteiger partial charge in [0, 0.05) is 24.4 Å². The number of aliphatic hydroxyl groups is 1. The lowest BCUT2D eigenvalue weighted by Crippen LogP contribution is -1.99. The van der Waals surface area contributed by atoms with Gasteiger partial charge in [0.15, 0.2) is 5.82 Å². The summed E-state index contributed by atoms with van der Waals surface area (Å²) in [6.45, 7) is 1.00. The SMILES string of the molecule is Nc1ccc(-c2ncn(CCCCO)n2)cc1. The number of aliphatic hydroxyl groups excluding tert-OH is 1. The molecule has 3 N–H and O–H groups in total. The normalized spacial score (nSPS) is 10.6. The summed E-state index contributed by atoms with van der Waals surface area (Å²) in [5.41, 5.74) is 7.31. The van der Waals surface area contributed by atoms with Crippen LogP contribution >= 0.6 is 0 Å². The summed E-state index contributed by atoms with van der Waals surface area (Å²) in [6.07, 6.45) is 3.40. The Kier molecular flexibility index (Phi) is 3.72. The van der Waals surface area contributed by atoms with Crippen molar-refractivity contribution in [2.75, 3.05) is 12.3 Å². The number of aromatic nitrogens is 3. The van der Waals surface area contributed by atoms with Gasteiger partial charge in [-0.05, 0) is 37.1 Å². The van der Waals surface area contributed by atoms with Crippen molar-refractivity contribution in [2.24, 2.45) is 0 Å². The van der Waals surface area contributed by atoms with E-state index in [-0.39, 0.29) is 6.61 Å². The molecule has 2 aromatic rings. The molecule has 2 rings (SSSR count). The van der Waals surface area contributed by atoms with Gasteiger partial charge in [-0.1, -0.05) is 0 Å². The molecule has 0 aliphatic heterocycles. The summed E-state index contributed by atoms with van der Waals surface area (Å²) in [5.74, 6) is 0.703. The average Bonchev–Trinajstić information content (AvgIpc) is 2.79. The molecule has 1 aromatic carbocycles. The number of benzene rings is 1. The highest BCUT2D eigenvalue weighted by Gasteiger charge is 2.03. The molecular weight excluding hydrogens is 216 g/mol. The topological polar surface area (TPSA) is 77.0 Å². The molecule has 0 unspecified atom stereocenters. The van der Waals surface area contributed by atoms with Crippen LogP contribution in [0.25, 0.3) is 11.4 Å². The number of unbranched alkanes of at least 4 members (excludes halogenated alkanes) is 1. The van der Waals surface area contributed by atoms with Crippen molar-refractivity contribution >= 4 is 5.69 Å². The summed E-state index contributed by atoms with van der Waals surface area (Å²) in [5, 5.41) is 13.1. The third-order valence-electron chi connectivity index (χ3n) is 2.50. The first-order valence-corrected chi connectivity index (χ1v) is 5.66. The first-order chi connectivity index (χ1) is 8.29. The van der Waals surface area contributed by atoms with E-state index in [1.807, 2.05) is 24.3 Å². The van der Waals surface area contributed by atoms with Crippen LogP contribution in [0.5, 0.6) is 0 Å². The average molecular weight is 232 g/mol. The van der Waals surface area contributed by atoms with Gasteiger partial charge in [-0.3, -0.25) is 4.68 Å². The van der Waals surface area contributed by atoms with E-state index in [0.717, 1.165) is 30.6 Å². The highest BCUT2D eigenvalue weighted by Crippen LogP contribution is 2.15. The van der Waals surface area contributed by atoms with Gasteiger partial charge in [0.05, 0.1) is 0 Å². The van der Waals surface area contributed by atoms with Crippen molar-refractivity contribution in [1.82, 2.24) is 14.8 Å². The Labute approximate surface area is 99.9 Å². The number of aryl methyl sites for hydroxylation is 1. The van der Waals surface area contributed by atoms with E-state index >= 15 is 0 Å². The standard InChI is InChI=1S/C12H16N4O/c13-11-5-3-10(4-6-11)12-14-9-16(15-12)7-1-2-8-17/h3-6,9,17H,1-2,7-8,13H2. The van der Waals surface area contributed by atoms with Gasteiger partial charge in [0.2, 0.25) is 0 Å². The molecule has 1 aromatic heterocycles. The Morgan fingerprint density at radius 2 is 1.94 bits per heavy atom. The molecule has 5 heteroatoms. The number of hydrogen-bond donors (Lipinski definition) is 2. The molecule has 5 nitrogen and oxygen atoms in total. The van der Waals surface area contributed by atoms with Crippen molar-refractivity contribution in [3.63, 3.8) is 0 Å². The molecule has 17 heavy (non-hydrogen) atoms. The number of hydrogen-bond acceptors (Lipinski definition) is 4. The van der Waals surface area contributed by atoms with Crippen LogP contribution in [0.4, 0.5) is 5.69 Å². The Hall–Kier alpha value is -1.88. The van der Waals surface area contributed by atoms with Crippen LogP contribution in [0, 0.1) is 0 Å². The molecule has 0 aliphatic rings. The van der Waals surface area contributed by atoms with Gasteiger partial charge >= 0.3 is 0 Å². The van der Waals surface area contributed by atoms with Gasteiger partial charge in [0.25, 0.3) is 0 Å². The fraction of sp³-hybridized carbons (Fsp3) is 0.333. The highest BCUT2D eigenvalue weighted by molar-refractivity contribution is 5.57. The fourth-order valence-electron chi connectivity index (χ4n) is 1.55. The number of nitrogens with two attached hydrogens (primary N) is 1. The molecular formula is C12H16N4O. The molecule has 0 radical (unpaired) electrons. The van der Waals surface area contributed by atoms with Crippen LogP contribution in [0.1, 0.15) is 12.8 Å². The second-order valence-electron chi connectivity index (χ2n) is 3.88. The monoisotopic (exact) mass is 232 g/mol. The Morgan fingerprint density at radius 3 is 2.65 bits per heavy atom. The van der Waals surface area contributed by atoms with Gasteiger partial charge in [0.1, 0.15) is 6.33 Å². The van der Waals surface area contributed by atoms with Crippen molar-refractivity contribution < 1.29 is 5.11 Å². The Balaban J connectivity index is 2.04. The fourth-order valence-corrected chi connectivity index (χ4v) is 1.55. The van der Waals surface area contributed by atoms with Crippen LogP contribution in [-0.4, -0.2) is 26.5 Å². The molecule has 0 bridgehead atoms. The highest BCUT2D eigenvalue weighted by atomic mass is 16.2. The molecule has 0 spiro atoms. The second-order valence-corrected chi connectivity index (χ2v) is 3.88. The van der Waals surface area contributed by atoms with Crippen molar-refractivity contribution in [3.05, 3.63) is 30.6 Å². The summed E-state index contributed by atoms with van der Waals surface area (Å²) in [6, 6.07) is 7.48. The first kappa shape index (κ1) is 11.6. The third-order valence-corrected chi connectivity index (χ3v) is 2.50. The maximum atomic E-state index is 8.70. The van der Waals surface area contributed by atoms with Crippen molar-refractivity contribution in [2.45, 2.75) is 19.4 Å². The quantitative estimate of drug-likeness (QED) is 0.601. The van der Waals surface area contributed by atoms with Crippen LogP contribution in [0.3, 0.4) is 0 Å². The largest absolute Gasteiger partial charge is 0.399 e. The van der Waals surface area contributed by atoms with Crippen LogP contribution in [-0.2, 0) is 6.54 Å².